The smallest absolute Gasteiger partial charge is 0.225 e. The quantitative estimate of drug-likeness (QED) is 0.881. The monoisotopic (exact) mass is 307 g/mol. The van der Waals surface area contributed by atoms with Gasteiger partial charge in [0.15, 0.2) is 9.84 Å². The summed E-state index contributed by atoms with van der Waals surface area (Å²) in [6, 6.07) is 8.11. The highest BCUT2D eigenvalue weighted by Gasteiger charge is 2.17. The van der Waals surface area contributed by atoms with Crippen LogP contribution < -0.4 is 5.32 Å². The van der Waals surface area contributed by atoms with E-state index in [1.165, 1.54) is 12.1 Å². The van der Waals surface area contributed by atoms with Crippen molar-refractivity contribution >= 4 is 21.4 Å². The van der Waals surface area contributed by atoms with Crippen LogP contribution in [0.3, 0.4) is 0 Å². The summed E-state index contributed by atoms with van der Waals surface area (Å²) in [6.45, 7) is 3.55. The van der Waals surface area contributed by atoms with E-state index in [0.29, 0.717) is 11.4 Å². The van der Waals surface area contributed by atoms with Gasteiger partial charge in [0.1, 0.15) is 0 Å². The molecule has 1 aromatic carbocycles. The molecule has 2 aromatic rings. The summed E-state index contributed by atoms with van der Waals surface area (Å²) in [5.41, 5.74) is 2.02. The van der Waals surface area contributed by atoms with Gasteiger partial charge in [-0.3, -0.25) is 9.89 Å². The number of rotatable bonds is 5. The second-order valence-corrected chi connectivity index (χ2v) is 6.85. The Balaban J connectivity index is 1.99. The first-order valence-electron chi connectivity index (χ1n) is 6.49. The molecule has 0 atom stereocenters. The van der Waals surface area contributed by atoms with Crippen molar-refractivity contribution < 1.29 is 13.2 Å². The van der Waals surface area contributed by atoms with Crippen LogP contribution in [0.25, 0.3) is 0 Å². The van der Waals surface area contributed by atoms with Crippen LogP contribution in [0.1, 0.15) is 17.8 Å². The number of sulfone groups is 1. The molecular weight excluding hydrogens is 290 g/mol. The van der Waals surface area contributed by atoms with E-state index in [0.717, 1.165) is 5.69 Å². The number of hydrogen-bond donors (Lipinski definition) is 2. The van der Waals surface area contributed by atoms with Crippen molar-refractivity contribution in [2.24, 2.45) is 0 Å². The number of H-pyrrole nitrogens is 1. The van der Waals surface area contributed by atoms with Crippen LogP contribution in [0, 0.1) is 13.8 Å². The third-order valence-corrected chi connectivity index (χ3v) is 4.82. The van der Waals surface area contributed by atoms with Gasteiger partial charge in [0.05, 0.1) is 27.7 Å². The first-order chi connectivity index (χ1) is 9.90. The normalized spacial score (nSPS) is 11.3. The van der Waals surface area contributed by atoms with Gasteiger partial charge in [-0.05, 0) is 26.0 Å². The standard InChI is InChI=1S/C14H17N3O3S/c1-10-14(11(2)17-16-10)15-13(18)8-9-21(19,20)12-6-4-3-5-7-12/h3-7H,8-9H2,1-2H3,(H,15,18)(H,16,17). The Kier molecular flexibility index (Phi) is 4.42. The summed E-state index contributed by atoms with van der Waals surface area (Å²) >= 11 is 0. The number of aryl methyl sites for hydroxylation is 2. The van der Waals surface area contributed by atoms with Crippen molar-refractivity contribution in [2.75, 3.05) is 11.1 Å². The lowest BCUT2D eigenvalue weighted by atomic mass is 10.3. The van der Waals surface area contributed by atoms with Gasteiger partial charge in [-0.2, -0.15) is 5.10 Å². The van der Waals surface area contributed by atoms with E-state index in [1.54, 1.807) is 32.0 Å². The van der Waals surface area contributed by atoms with Crippen LogP contribution in [0.4, 0.5) is 5.69 Å². The summed E-state index contributed by atoms with van der Waals surface area (Å²) in [7, 11) is -3.44. The van der Waals surface area contributed by atoms with E-state index in [4.69, 9.17) is 0 Å². The molecule has 1 heterocycles. The fraction of sp³-hybridized carbons (Fsp3) is 0.286. The highest BCUT2D eigenvalue weighted by Crippen LogP contribution is 2.17. The highest BCUT2D eigenvalue weighted by atomic mass is 32.2. The van der Waals surface area contributed by atoms with Gasteiger partial charge in [0.25, 0.3) is 0 Å². The minimum absolute atomic E-state index is 0.0959. The topological polar surface area (TPSA) is 91.9 Å². The predicted octanol–water partition coefficient (Wildman–Crippen LogP) is 1.83. The van der Waals surface area contributed by atoms with Gasteiger partial charge < -0.3 is 5.32 Å². The largest absolute Gasteiger partial charge is 0.323 e. The molecule has 0 spiro atoms. The first-order valence-corrected chi connectivity index (χ1v) is 8.14. The molecule has 1 amide bonds. The summed E-state index contributed by atoms with van der Waals surface area (Å²) < 4.78 is 24.1. The number of carbonyl (C=O) groups is 1. The number of amides is 1. The molecule has 0 saturated carbocycles. The molecule has 0 radical (unpaired) electrons. The Hall–Kier alpha value is -2.15. The zero-order valence-corrected chi connectivity index (χ0v) is 12.7. The van der Waals surface area contributed by atoms with E-state index in [9.17, 15) is 13.2 Å². The molecule has 6 nitrogen and oxygen atoms in total. The Morgan fingerprint density at radius 3 is 2.48 bits per heavy atom. The summed E-state index contributed by atoms with van der Waals surface area (Å²) in [6.07, 6.45) is -0.0959. The van der Waals surface area contributed by atoms with E-state index >= 15 is 0 Å². The Bertz CT molecular complexity index is 717. The van der Waals surface area contributed by atoms with Crippen LogP contribution in [0.2, 0.25) is 0 Å². The van der Waals surface area contributed by atoms with Gasteiger partial charge in [0.2, 0.25) is 5.91 Å². The van der Waals surface area contributed by atoms with Crippen LogP contribution in [0.15, 0.2) is 35.2 Å². The average Bonchev–Trinajstić information content (AvgIpc) is 2.78. The molecule has 2 rings (SSSR count). The number of aromatic amines is 1. The van der Waals surface area contributed by atoms with E-state index < -0.39 is 9.84 Å². The van der Waals surface area contributed by atoms with Gasteiger partial charge >= 0.3 is 0 Å². The lowest BCUT2D eigenvalue weighted by Gasteiger charge is -2.06. The maximum atomic E-state index is 12.1. The van der Waals surface area contributed by atoms with Crippen LogP contribution in [0.5, 0.6) is 0 Å². The lowest BCUT2D eigenvalue weighted by Crippen LogP contribution is -2.18. The number of anilines is 1. The average molecular weight is 307 g/mol. The van der Waals surface area contributed by atoms with Crippen molar-refractivity contribution in [2.45, 2.75) is 25.2 Å². The molecule has 0 aliphatic heterocycles. The summed E-state index contributed by atoms with van der Waals surface area (Å²) in [5.74, 6) is -0.569. The van der Waals surface area contributed by atoms with Crippen molar-refractivity contribution in [3.05, 3.63) is 41.7 Å². The van der Waals surface area contributed by atoms with Crippen LogP contribution >= 0.6 is 0 Å². The Labute approximate surface area is 123 Å². The van der Waals surface area contributed by atoms with E-state index in [-0.39, 0.29) is 23.0 Å². The number of aromatic nitrogens is 2. The molecule has 0 fully saturated rings. The molecule has 1 aromatic heterocycles. The number of hydrogen-bond acceptors (Lipinski definition) is 4. The van der Waals surface area contributed by atoms with Gasteiger partial charge in [-0.15, -0.1) is 0 Å². The zero-order valence-electron chi connectivity index (χ0n) is 11.9. The first kappa shape index (κ1) is 15.2. The van der Waals surface area contributed by atoms with Crippen molar-refractivity contribution in [3.63, 3.8) is 0 Å². The van der Waals surface area contributed by atoms with Crippen molar-refractivity contribution in [3.8, 4) is 0 Å². The molecule has 0 aliphatic carbocycles. The van der Waals surface area contributed by atoms with E-state index in [1.807, 2.05) is 0 Å². The maximum Gasteiger partial charge on any atom is 0.225 e. The van der Waals surface area contributed by atoms with Gasteiger partial charge in [-0.25, -0.2) is 8.42 Å². The third kappa shape index (κ3) is 3.69. The third-order valence-electron chi connectivity index (χ3n) is 3.09. The fourth-order valence-corrected chi connectivity index (χ4v) is 3.17. The summed E-state index contributed by atoms with van der Waals surface area (Å²) in [4.78, 5) is 12.1. The van der Waals surface area contributed by atoms with Crippen molar-refractivity contribution in [1.29, 1.82) is 0 Å². The van der Waals surface area contributed by atoms with Crippen molar-refractivity contribution in [1.82, 2.24) is 10.2 Å². The molecule has 7 heteroatoms. The van der Waals surface area contributed by atoms with Gasteiger partial charge in [0, 0.05) is 6.42 Å². The Morgan fingerprint density at radius 1 is 1.24 bits per heavy atom. The fourth-order valence-electron chi connectivity index (χ4n) is 1.91. The van der Waals surface area contributed by atoms with Crippen LogP contribution in [-0.4, -0.2) is 30.3 Å². The van der Waals surface area contributed by atoms with Gasteiger partial charge in [-0.1, -0.05) is 18.2 Å². The Morgan fingerprint density at radius 2 is 1.90 bits per heavy atom. The molecule has 0 aliphatic rings. The molecule has 0 bridgehead atoms. The maximum absolute atomic E-state index is 12.1. The number of nitrogens with zero attached hydrogens (tertiary/aromatic N) is 1. The lowest BCUT2D eigenvalue weighted by molar-refractivity contribution is -0.115. The molecule has 0 saturated heterocycles. The predicted molar refractivity (Wildman–Crippen MR) is 79.8 cm³/mol. The minimum atomic E-state index is -3.44. The number of benzene rings is 1. The SMILES string of the molecule is Cc1n[nH]c(C)c1NC(=O)CCS(=O)(=O)c1ccccc1. The zero-order chi connectivity index (χ0) is 15.5. The van der Waals surface area contributed by atoms with E-state index in [2.05, 4.69) is 15.5 Å². The second-order valence-electron chi connectivity index (χ2n) is 4.74. The minimum Gasteiger partial charge on any atom is -0.323 e. The number of nitrogens with one attached hydrogen (secondary N) is 2. The number of carbonyl (C=O) groups excluding carboxylic acids is 1. The second kappa shape index (κ2) is 6.09. The molecule has 112 valence electrons. The summed E-state index contributed by atoms with van der Waals surface area (Å²) in [5, 5.41) is 9.41. The molecule has 2 N–H and O–H groups in total. The molecular formula is C14H17N3O3S. The molecule has 0 unspecified atom stereocenters. The van der Waals surface area contributed by atoms with Crippen LogP contribution in [-0.2, 0) is 14.6 Å². The highest BCUT2D eigenvalue weighted by molar-refractivity contribution is 7.91. The molecule has 21 heavy (non-hydrogen) atoms.